The van der Waals surface area contributed by atoms with Crippen LogP contribution in [-0.2, 0) is 0 Å². The minimum atomic E-state index is -0.215. The number of rotatable bonds is 6. The second kappa shape index (κ2) is 7.19. The Labute approximate surface area is 126 Å². The molecule has 21 heavy (non-hydrogen) atoms. The molecule has 8 heteroatoms. The molecule has 0 aliphatic heterocycles. The van der Waals surface area contributed by atoms with Crippen molar-refractivity contribution in [3.05, 3.63) is 36.5 Å². The van der Waals surface area contributed by atoms with Gasteiger partial charge in [-0.1, -0.05) is 0 Å². The van der Waals surface area contributed by atoms with Gasteiger partial charge in [0.25, 0.3) is 5.91 Å². The van der Waals surface area contributed by atoms with Crippen molar-refractivity contribution in [2.24, 2.45) is 0 Å². The van der Waals surface area contributed by atoms with Crippen molar-refractivity contribution in [1.29, 1.82) is 0 Å². The Hall–Kier alpha value is -1.93. The summed E-state index contributed by atoms with van der Waals surface area (Å²) in [7, 11) is 0. The Morgan fingerprint density at radius 2 is 2.33 bits per heavy atom. The highest BCUT2D eigenvalue weighted by Crippen LogP contribution is 2.11. The molecule has 2 heterocycles. The van der Waals surface area contributed by atoms with E-state index < -0.39 is 0 Å². The molecular weight excluding hydrogens is 290 g/mol. The van der Waals surface area contributed by atoms with Crippen LogP contribution in [0.15, 0.2) is 31.0 Å². The quantitative estimate of drug-likeness (QED) is 0.807. The lowest BCUT2D eigenvalue weighted by molar-refractivity contribution is 0.0935. The molecule has 2 rings (SSSR count). The van der Waals surface area contributed by atoms with Gasteiger partial charge in [0, 0.05) is 17.5 Å². The zero-order valence-corrected chi connectivity index (χ0v) is 12.6. The van der Waals surface area contributed by atoms with Crippen molar-refractivity contribution in [2.45, 2.75) is 18.2 Å². The van der Waals surface area contributed by atoms with Crippen LogP contribution in [0.5, 0.6) is 0 Å². The van der Waals surface area contributed by atoms with Crippen molar-refractivity contribution in [1.82, 2.24) is 25.1 Å². The third-order valence-corrected chi connectivity index (χ3v) is 4.23. The average Bonchev–Trinajstić information content (AvgIpc) is 3.03. The SMILES string of the molecule is CSC(CO)C(C)NC(=O)c1ccc(-n2cncn2)nc1. The molecule has 112 valence electrons. The summed E-state index contributed by atoms with van der Waals surface area (Å²) in [5, 5.41) is 16.0. The second-order valence-corrected chi connectivity index (χ2v) is 5.54. The van der Waals surface area contributed by atoms with E-state index in [2.05, 4.69) is 20.4 Å². The molecule has 2 aromatic rings. The van der Waals surface area contributed by atoms with Gasteiger partial charge < -0.3 is 10.4 Å². The largest absolute Gasteiger partial charge is 0.395 e. The first-order valence-electron chi connectivity index (χ1n) is 6.41. The fourth-order valence-electron chi connectivity index (χ4n) is 1.80. The molecule has 7 nitrogen and oxygen atoms in total. The topological polar surface area (TPSA) is 92.9 Å². The first-order chi connectivity index (χ1) is 10.2. The number of hydrogen-bond acceptors (Lipinski definition) is 6. The minimum Gasteiger partial charge on any atom is -0.395 e. The Bertz CT molecular complexity index is 569. The summed E-state index contributed by atoms with van der Waals surface area (Å²) in [6, 6.07) is 3.25. The lowest BCUT2D eigenvalue weighted by atomic mass is 10.2. The maximum atomic E-state index is 12.1. The maximum absolute atomic E-state index is 12.1. The van der Waals surface area contributed by atoms with Crippen LogP contribution < -0.4 is 5.32 Å². The highest BCUT2D eigenvalue weighted by Gasteiger charge is 2.18. The number of aromatic nitrogens is 4. The van der Waals surface area contributed by atoms with E-state index in [4.69, 9.17) is 0 Å². The van der Waals surface area contributed by atoms with Gasteiger partial charge in [0.15, 0.2) is 5.82 Å². The van der Waals surface area contributed by atoms with Crippen LogP contribution in [0.3, 0.4) is 0 Å². The predicted molar refractivity (Wildman–Crippen MR) is 80.5 cm³/mol. The van der Waals surface area contributed by atoms with Crippen LogP contribution in [0, 0.1) is 0 Å². The number of pyridine rings is 1. The molecule has 2 N–H and O–H groups in total. The van der Waals surface area contributed by atoms with E-state index in [0.29, 0.717) is 11.4 Å². The van der Waals surface area contributed by atoms with Crippen molar-refractivity contribution < 1.29 is 9.90 Å². The zero-order valence-electron chi connectivity index (χ0n) is 11.8. The van der Waals surface area contributed by atoms with Gasteiger partial charge in [-0.05, 0) is 25.3 Å². The standard InChI is InChI=1S/C13H17N5O2S/c1-9(11(6-19)21-2)17-13(20)10-3-4-12(15-5-10)18-8-14-7-16-18/h3-5,7-9,11,19H,6H2,1-2H3,(H,17,20). The number of carbonyl (C=O) groups excluding carboxylic acids is 1. The number of carbonyl (C=O) groups is 1. The minimum absolute atomic E-state index is 0.0199. The highest BCUT2D eigenvalue weighted by atomic mass is 32.2. The third kappa shape index (κ3) is 3.79. The molecule has 0 radical (unpaired) electrons. The first-order valence-corrected chi connectivity index (χ1v) is 7.70. The number of thioether (sulfide) groups is 1. The van der Waals surface area contributed by atoms with Crippen molar-refractivity contribution in [3.63, 3.8) is 0 Å². The summed E-state index contributed by atoms with van der Waals surface area (Å²) in [5.41, 5.74) is 0.462. The monoisotopic (exact) mass is 307 g/mol. The molecule has 0 aliphatic carbocycles. The van der Waals surface area contributed by atoms with E-state index in [1.807, 2.05) is 13.2 Å². The van der Waals surface area contributed by atoms with E-state index in [1.165, 1.54) is 35.3 Å². The Morgan fingerprint density at radius 1 is 1.52 bits per heavy atom. The van der Waals surface area contributed by atoms with Crippen molar-refractivity contribution in [2.75, 3.05) is 12.9 Å². The van der Waals surface area contributed by atoms with E-state index >= 15 is 0 Å². The number of hydrogen-bond donors (Lipinski definition) is 2. The number of aliphatic hydroxyl groups excluding tert-OH is 1. The Kier molecular flexibility index (Phi) is 5.29. The Balaban J connectivity index is 2.03. The second-order valence-electron chi connectivity index (χ2n) is 4.46. The van der Waals surface area contributed by atoms with Crippen LogP contribution in [0.4, 0.5) is 0 Å². The molecule has 2 unspecified atom stereocenters. The predicted octanol–water partition coefficient (Wildman–Crippen LogP) is 0.504. The van der Waals surface area contributed by atoms with Crippen LogP contribution in [0.25, 0.3) is 5.82 Å². The molecule has 0 spiro atoms. The average molecular weight is 307 g/mol. The molecule has 0 aliphatic rings. The summed E-state index contributed by atoms with van der Waals surface area (Å²) in [4.78, 5) is 20.1. The lowest BCUT2D eigenvalue weighted by Crippen LogP contribution is -2.41. The summed E-state index contributed by atoms with van der Waals surface area (Å²) < 4.78 is 1.51. The van der Waals surface area contributed by atoms with Crippen LogP contribution in [-0.4, -0.2) is 54.9 Å². The number of amides is 1. The van der Waals surface area contributed by atoms with Crippen molar-refractivity contribution >= 4 is 17.7 Å². The zero-order chi connectivity index (χ0) is 15.2. The van der Waals surface area contributed by atoms with Crippen LogP contribution in [0.1, 0.15) is 17.3 Å². The van der Waals surface area contributed by atoms with E-state index in [1.54, 1.807) is 12.1 Å². The first kappa shape index (κ1) is 15.5. The summed E-state index contributed by atoms with van der Waals surface area (Å²) >= 11 is 1.52. The van der Waals surface area contributed by atoms with Gasteiger partial charge in [0.2, 0.25) is 0 Å². The molecule has 0 bridgehead atoms. The Morgan fingerprint density at radius 3 is 2.86 bits per heavy atom. The van der Waals surface area contributed by atoms with E-state index in [0.717, 1.165) is 0 Å². The number of aliphatic hydroxyl groups is 1. The van der Waals surface area contributed by atoms with Crippen LogP contribution >= 0.6 is 11.8 Å². The number of nitrogens with one attached hydrogen (secondary N) is 1. The van der Waals surface area contributed by atoms with Gasteiger partial charge in [-0.3, -0.25) is 4.79 Å². The molecular formula is C13H17N5O2S. The van der Waals surface area contributed by atoms with Gasteiger partial charge in [-0.15, -0.1) is 0 Å². The summed E-state index contributed by atoms with van der Waals surface area (Å²) in [5.74, 6) is 0.377. The normalized spacial score (nSPS) is 13.7. The molecule has 0 saturated heterocycles. The molecule has 2 aromatic heterocycles. The molecule has 2 atom stereocenters. The van der Waals surface area contributed by atoms with Crippen molar-refractivity contribution in [3.8, 4) is 5.82 Å². The fourth-order valence-corrected chi connectivity index (χ4v) is 2.43. The molecule has 1 amide bonds. The molecule has 0 fully saturated rings. The van der Waals surface area contributed by atoms with Gasteiger partial charge in [-0.2, -0.15) is 16.9 Å². The van der Waals surface area contributed by atoms with Gasteiger partial charge in [-0.25, -0.2) is 14.6 Å². The molecule has 0 aromatic carbocycles. The highest BCUT2D eigenvalue weighted by molar-refractivity contribution is 7.99. The fraction of sp³-hybridized carbons (Fsp3) is 0.385. The lowest BCUT2D eigenvalue weighted by Gasteiger charge is -2.21. The van der Waals surface area contributed by atoms with Gasteiger partial charge in [0.05, 0.1) is 12.2 Å². The van der Waals surface area contributed by atoms with E-state index in [9.17, 15) is 9.90 Å². The van der Waals surface area contributed by atoms with Gasteiger partial charge >= 0.3 is 0 Å². The maximum Gasteiger partial charge on any atom is 0.253 e. The smallest absolute Gasteiger partial charge is 0.253 e. The van der Waals surface area contributed by atoms with Gasteiger partial charge in [0.1, 0.15) is 12.7 Å². The summed E-state index contributed by atoms with van der Waals surface area (Å²) in [6.07, 6.45) is 6.35. The number of nitrogens with zero attached hydrogens (tertiary/aromatic N) is 4. The third-order valence-electron chi connectivity index (χ3n) is 3.06. The van der Waals surface area contributed by atoms with Crippen LogP contribution in [0.2, 0.25) is 0 Å². The van der Waals surface area contributed by atoms with E-state index in [-0.39, 0.29) is 23.8 Å². The summed E-state index contributed by atoms with van der Waals surface area (Å²) in [6.45, 7) is 1.89. The molecule has 0 saturated carbocycles.